The first-order valence-corrected chi connectivity index (χ1v) is 6.80. The fourth-order valence-corrected chi connectivity index (χ4v) is 2.84. The van der Waals surface area contributed by atoms with Gasteiger partial charge < -0.3 is 4.90 Å². The predicted octanol–water partition coefficient (Wildman–Crippen LogP) is 2.84. The number of halogens is 1. The van der Waals surface area contributed by atoms with Crippen LogP contribution in [0.15, 0.2) is 12.1 Å². The summed E-state index contributed by atoms with van der Waals surface area (Å²) in [6, 6.07) is 2.91. The molecule has 0 radical (unpaired) electrons. The number of aryl methyl sites for hydroxylation is 1. The van der Waals surface area contributed by atoms with Crippen LogP contribution in [0.5, 0.6) is 0 Å². The van der Waals surface area contributed by atoms with E-state index in [9.17, 15) is 14.9 Å². The lowest BCUT2D eigenvalue weighted by Crippen LogP contribution is -2.26. The average molecular weight is 301 g/mol. The van der Waals surface area contributed by atoms with Gasteiger partial charge in [0.05, 0.1) is 4.92 Å². The second-order valence-corrected chi connectivity index (χ2v) is 5.41. The Morgan fingerprint density at radius 2 is 2.26 bits per heavy atom. The largest absolute Gasteiger partial charge is 0.306 e. The summed E-state index contributed by atoms with van der Waals surface area (Å²) in [4.78, 5) is 24.1. The zero-order valence-electron chi connectivity index (χ0n) is 10.3. The van der Waals surface area contributed by atoms with Crippen molar-refractivity contribution in [3.63, 3.8) is 0 Å². The molecule has 1 fully saturated rings. The van der Waals surface area contributed by atoms with Crippen LogP contribution in [0.1, 0.15) is 12.0 Å². The van der Waals surface area contributed by atoms with Crippen LogP contribution in [0.4, 0.5) is 11.4 Å². The van der Waals surface area contributed by atoms with Gasteiger partial charge in [-0.15, -0.1) is 0 Å². The van der Waals surface area contributed by atoms with Crippen LogP contribution in [-0.2, 0) is 4.79 Å². The number of nitro groups is 1. The first-order chi connectivity index (χ1) is 8.93. The van der Waals surface area contributed by atoms with Crippen LogP contribution >= 0.6 is 24.2 Å². The van der Waals surface area contributed by atoms with Crippen molar-refractivity contribution in [3.8, 4) is 0 Å². The maximum Gasteiger partial charge on any atom is 0.294 e. The fourth-order valence-electron chi connectivity index (χ4n) is 2.33. The first kappa shape index (κ1) is 14.1. The number of benzene rings is 1. The quantitative estimate of drug-likeness (QED) is 0.530. The van der Waals surface area contributed by atoms with Crippen LogP contribution in [-0.4, -0.2) is 23.1 Å². The van der Waals surface area contributed by atoms with Crippen LogP contribution in [0, 0.1) is 23.0 Å². The molecule has 0 saturated carbocycles. The van der Waals surface area contributed by atoms with Gasteiger partial charge in [-0.25, -0.2) is 0 Å². The number of hydrogen-bond donors (Lipinski definition) is 1. The molecule has 1 aliphatic rings. The first-order valence-electron chi connectivity index (χ1n) is 5.79. The molecule has 0 N–H and O–H groups in total. The van der Waals surface area contributed by atoms with Crippen molar-refractivity contribution in [2.45, 2.75) is 13.3 Å². The number of amides is 1. The number of nitro benzene ring substituents is 1. The van der Waals surface area contributed by atoms with Crippen molar-refractivity contribution in [1.82, 2.24) is 0 Å². The van der Waals surface area contributed by atoms with E-state index in [2.05, 4.69) is 12.6 Å². The summed E-state index contributed by atoms with van der Waals surface area (Å²) in [5.74, 6) is 0.612. The smallest absolute Gasteiger partial charge is 0.294 e. The predicted molar refractivity (Wildman–Crippen MR) is 77.2 cm³/mol. The molecule has 0 bridgehead atoms. The Balaban J connectivity index is 2.50. The molecule has 5 nitrogen and oxygen atoms in total. The minimum absolute atomic E-state index is 0.104. The molecule has 1 amide bonds. The molecule has 102 valence electrons. The van der Waals surface area contributed by atoms with Gasteiger partial charge in [-0.3, -0.25) is 14.9 Å². The van der Waals surface area contributed by atoms with Crippen LogP contribution in [0.3, 0.4) is 0 Å². The topological polar surface area (TPSA) is 63.5 Å². The fraction of sp³-hybridized carbons (Fsp3) is 0.417. The highest BCUT2D eigenvalue weighted by molar-refractivity contribution is 7.80. The molecule has 0 aliphatic carbocycles. The highest BCUT2D eigenvalue weighted by Crippen LogP contribution is 2.38. The van der Waals surface area contributed by atoms with Crippen molar-refractivity contribution in [1.29, 1.82) is 0 Å². The van der Waals surface area contributed by atoms with Crippen molar-refractivity contribution in [3.05, 3.63) is 32.8 Å². The van der Waals surface area contributed by atoms with E-state index in [4.69, 9.17) is 11.6 Å². The number of carbonyl (C=O) groups is 1. The Morgan fingerprint density at radius 3 is 2.79 bits per heavy atom. The van der Waals surface area contributed by atoms with Gasteiger partial charge in [0.25, 0.3) is 5.69 Å². The molecule has 1 aliphatic heterocycles. The number of rotatable bonds is 3. The Bertz CT molecular complexity index is 550. The lowest BCUT2D eigenvalue weighted by atomic mass is 10.1. The van der Waals surface area contributed by atoms with Crippen molar-refractivity contribution in [2.75, 3.05) is 17.2 Å². The Kier molecular flexibility index (Phi) is 4.01. The lowest BCUT2D eigenvalue weighted by molar-refractivity contribution is -0.384. The molecule has 1 saturated heterocycles. The maximum absolute atomic E-state index is 12.0. The Morgan fingerprint density at radius 1 is 1.58 bits per heavy atom. The third kappa shape index (κ3) is 2.69. The second kappa shape index (κ2) is 5.38. The van der Waals surface area contributed by atoms with Gasteiger partial charge in [-0.2, -0.15) is 12.6 Å². The van der Waals surface area contributed by atoms with E-state index in [1.54, 1.807) is 13.0 Å². The van der Waals surface area contributed by atoms with Crippen molar-refractivity contribution in [2.24, 2.45) is 5.92 Å². The molecule has 1 aromatic carbocycles. The highest BCUT2D eigenvalue weighted by Gasteiger charge is 2.34. The average Bonchev–Trinajstić information content (AvgIpc) is 2.69. The minimum Gasteiger partial charge on any atom is -0.306 e. The molecule has 0 spiro atoms. The SMILES string of the molecule is Cc1cc(Cl)cc([N+](=O)[O-])c1N1CC(CS)CC1=O. The summed E-state index contributed by atoms with van der Waals surface area (Å²) < 4.78 is 0. The molecule has 1 aromatic rings. The molecule has 7 heteroatoms. The van der Waals surface area contributed by atoms with Crippen molar-refractivity contribution < 1.29 is 9.72 Å². The number of thiol groups is 1. The third-order valence-corrected chi connectivity index (χ3v) is 3.91. The van der Waals surface area contributed by atoms with E-state index in [0.717, 1.165) is 0 Å². The standard InChI is InChI=1S/C12H13ClN2O3S/c1-7-2-9(13)4-10(15(17)18)12(7)14-5-8(6-19)3-11(14)16/h2,4,8,19H,3,5-6H2,1H3. The number of hydrogen-bond acceptors (Lipinski definition) is 4. The van der Waals surface area contributed by atoms with Gasteiger partial charge in [0.2, 0.25) is 5.91 Å². The maximum atomic E-state index is 12.0. The molecule has 0 aromatic heterocycles. The molecular formula is C12H13ClN2O3S. The monoisotopic (exact) mass is 300 g/mol. The zero-order valence-corrected chi connectivity index (χ0v) is 11.9. The highest BCUT2D eigenvalue weighted by atomic mass is 35.5. The third-order valence-electron chi connectivity index (χ3n) is 3.18. The van der Waals surface area contributed by atoms with Crippen molar-refractivity contribution >= 4 is 41.5 Å². The number of anilines is 1. The van der Waals surface area contributed by atoms with E-state index >= 15 is 0 Å². The van der Waals surface area contributed by atoms with E-state index in [1.807, 2.05) is 0 Å². The minimum atomic E-state index is -0.504. The lowest BCUT2D eigenvalue weighted by Gasteiger charge is -2.19. The van der Waals surface area contributed by atoms with Gasteiger partial charge >= 0.3 is 0 Å². The van der Waals surface area contributed by atoms with Gasteiger partial charge in [0.15, 0.2) is 0 Å². The number of carbonyl (C=O) groups excluding carboxylic acids is 1. The van der Waals surface area contributed by atoms with Gasteiger partial charge in [0.1, 0.15) is 5.69 Å². The second-order valence-electron chi connectivity index (χ2n) is 4.60. The summed E-state index contributed by atoms with van der Waals surface area (Å²) in [5.41, 5.74) is 0.856. The summed E-state index contributed by atoms with van der Waals surface area (Å²) >= 11 is 10.0. The molecule has 2 rings (SSSR count). The van der Waals surface area contributed by atoms with Gasteiger partial charge in [-0.1, -0.05) is 11.6 Å². The zero-order chi connectivity index (χ0) is 14.2. The summed E-state index contributed by atoms with van der Waals surface area (Å²) in [6.45, 7) is 2.18. The normalized spacial score (nSPS) is 19.0. The molecule has 19 heavy (non-hydrogen) atoms. The summed E-state index contributed by atoms with van der Waals surface area (Å²) in [5, 5.41) is 11.4. The Hall–Kier alpha value is -1.27. The molecule has 1 unspecified atom stereocenters. The molecule has 1 atom stereocenters. The van der Waals surface area contributed by atoms with Crippen LogP contribution in [0.2, 0.25) is 5.02 Å². The number of nitrogens with zero attached hydrogens (tertiary/aromatic N) is 2. The van der Waals surface area contributed by atoms with E-state index in [-0.39, 0.29) is 17.5 Å². The molecular weight excluding hydrogens is 288 g/mol. The Labute approximate surface area is 121 Å². The summed E-state index contributed by atoms with van der Waals surface area (Å²) in [7, 11) is 0. The van der Waals surface area contributed by atoms with Crippen LogP contribution in [0.25, 0.3) is 0 Å². The summed E-state index contributed by atoms with van der Waals surface area (Å²) in [6.07, 6.45) is 0.378. The molecule has 1 heterocycles. The van der Waals surface area contributed by atoms with Crippen LogP contribution < -0.4 is 4.90 Å². The van der Waals surface area contributed by atoms with E-state index < -0.39 is 4.92 Å². The van der Waals surface area contributed by atoms with E-state index in [1.165, 1.54) is 11.0 Å². The van der Waals surface area contributed by atoms with Gasteiger partial charge in [0, 0.05) is 24.1 Å². The van der Waals surface area contributed by atoms with E-state index in [0.29, 0.717) is 35.0 Å². The van der Waals surface area contributed by atoms with Gasteiger partial charge in [-0.05, 0) is 30.2 Å².